The number of amides is 1. The zero-order chi connectivity index (χ0) is 22.2. The van der Waals surface area contributed by atoms with Crippen LogP contribution in [0.3, 0.4) is 0 Å². The van der Waals surface area contributed by atoms with Crippen molar-refractivity contribution >= 4 is 16.9 Å². The van der Waals surface area contributed by atoms with Crippen LogP contribution in [-0.4, -0.2) is 62.5 Å². The van der Waals surface area contributed by atoms with Crippen LogP contribution in [0.5, 0.6) is 5.75 Å². The normalized spacial score (nSPS) is 14.9. The predicted molar refractivity (Wildman–Crippen MR) is 119 cm³/mol. The summed E-state index contributed by atoms with van der Waals surface area (Å²) in [5.41, 5.74) is 4.40. The van der Waals surface area contributed by atoms with Crippen molar-refractivity contribution in [2.45, 2.75) is 12.2 Å². The number of carbonyl (C=O) groups excluding carboxylic acids is 1. The number of fused-ring (bicyclic) bond motifs is 1. The number of hydrogen-bond donors (Lipinski definition) is 3. The van der Waals surface area contributed by atoms with Gasteiger partial charge in [0.1, 0.15) is 5.75 Å². The van der Waals surface area contributed by atoms with Crippen molar-refractivity contribution in [1.82, 2.24) is 20.1 Å². The number of H-pyrrole nitrogens is 1. The number of para-hydroxylation sites is 1. The van der Waals surface area contributed by atoms with Crippen LogP contribution in [0.15, 0.2) is 60.8 Å². The van der Waals surface area contributed by atoms with Crippen LogP contribution in [0.4, 0.5) is 0 Å². The van der Waals surface area contributed by atoms with Gasteiger partial charge in [0, 0.05) is 35.8 Å². The van der Waals surface area contributed by atoms with E-state index in [1.54, 1.807) is 31.5 Å². The average molecular weight is 430 g/mol. The van der Waals surface area contributed by atoms with Crippen molar-refractivity contribution in [2.24, 2.45) is 0 Å². The molecule has 1 aliphatic rings. The summed E-state index contributed by atoms with van der Waals surface area (Å²) >= 11 is 0. The number of likely N-dealkylation sites (tertiary alicyclic amines) is 1. The molecule has 0 aliphatic carbocycles. The maximum absolute atomic E-state index is 12.4. The van der Waals surface area contributed by atoms with E-state index >= 15 is 0 Å². The van der Waals surface area contributed by atoms with Gasteiger partial charge in [-0.2, -0.15) is 5.10 Å². The van der Waals surface area contributed by atoms with Crippen LogP contribution in [0, 0.1) is 0 Å². The number of rotatable bonds is 5. The average Bonchev–Trinajstić information content (AvgIpc) is 3.24. The lowest BCUT2D eigenvalue weighted by atomic mass is 9.99. The third kappa shape index (κ3) is 3.49. The molecule has 4 aromatic rings. The first-order valence-electron chi connectivity index (χ1n) is 10.3. The highest BCUT2D eigenvalue weighted by Gasteiger charge is 2.33. The van der Waals surface area contributed by atoms with Crippen molar-refractivity contribution in [3.8, 4) is 28.1 Å². The molecule has 2 aromatic carbocycles. The minimum absolute atomic E-state index is 0.252. The van der Waals surface area contributed by atoms with E-state index < -0.39 is 18.1 Å². The summed E-state index contributed by atoms with van der Waals surface area (Å²) in [6, 6.07) is 16.9. The number of aliphatic hydroxyl groups is 2. The number of hydrogen-bond acceptors (Lipinski definition) is 6. The fraction of sp³-hybridized carbons (Fsp3) is 0.208. The first kappa shape index (κ1) is 20.2. The van der Waals surface area contributed by atoms with Crippen molar-refractivity contribution in [2.75, 3.05) is 20.2 Å². The number of aromatic nitrogens is 3. The number of ether oxygens (including phenoxy) is 1. The van der Waals surface area contributed by atoms with Gasteiger partial charge in [0.2, 0.25) is 0 Å². The molecule has 2 aromatic heterocycles. The molecule has 0 radical (unpaired) electrons. The van der Waals surface area contributed by atoms with Gasteiger partial charge >= 0.3 is 0 Å². The number of methoxy groups -OCH3 is 1. The molecule has 32 heavy (non-hydrogen) atoms. The molecule has 8 heteroatoms. The Bertz CT molecular complexity index is 1300. The topological polar surface area (TPSA) is 112 Å². The van der Waals surface area contributed by atoms with Crippen LogP contribution < -0.4 is 4.74 Å². The maximum Gasteiger partial charge on any atom is 0.256 e. The monoisotopic (exact) mass is 430 g/mol. The minimum Gasteiger partial charge on any atom is -0.496 e. The summed E-state index contributed by atoms with van der Waals surface area (Å²) in [6.07, 6.45) is -0.0752. The highest BCUT2D eigenvalue weighted by molar-refractivity contribution is 5.94. The van der Waals surface area contributed by atoms with Gasteiger partial charge in [-0.1, -0.05) is 30.3 Å². The van der Waals surface area contributed by atoms with Crippen molar-refractivity contribution in [1.29, 1.82) is 0 Å². The Hall–Kier alpha value is -3.75. The second kappa shape index (κ2) is 8.07. The van der Waals surface area contributed by atoms with E-state index in [4.69, 9.17) is 4.74 Å². The lowest BCUT2D eigenvalue weighted by Crippen LogP contribution is -2.54. The number of nitrogens with one attached hydrogen (secondary N) is 1. The molecule has 1 atom stereocenters. The predicted octanol–water partition coefficient (Wildman–Crippen LogP) is 2.54. The van der Waals surface area contributed by atoms with Crippen LogP contribution in [0.2, 0.25) is 0 Å². The number of aliphatic hydroxyl groups excluding tert-OH is 2. The number of benzene rings is 2. The summed E-state index contributed by atoms with van der Waals surface area (Å²) in [5, 5.41) is 28.2. The van der Waals surface area contributed by atoms with Crippen molar-refractivity contribution in [3.63, 3.8) is 0 Å². The van der Waals surface area contributed by atoms with E-state index in [-0.39, 0.29) is 13.1 Å². The maximum atomic E-state index is 12.4. The zero-order valence-electron chi connectivity index (χ0n) is 17.4. The molecule has 1 saturated heterocycles. The Morgan fingerprint density at radius 1 is 1.16 bits per heavy atom. The van der Waals surface area contributed by atoms with Gasteiger partial charge in [0.15, 0.2) is 11.8 Å². The van der Waals surface area contributed by atoms with Crippen molar-refractivity contribution in [3.05, 3.63) is 66.4 Å². The molecular weight excluding hydrogens is 408 g/mol. The second-order valence-corrected chi connectivity index (χ2v) is 7.82. The number of β-amino-alcohol motifs (C(OH)–C–C–N with tert-alkyl or cyclic N) is 1. The molecule has 3 heterocycles. The molecule has 1 fully saturated rings. The fourth-order valence-electron chi connectivity index (χ4n) is 3.95. The third-order valence-corrected chi connectivity index (χ3v) is 5.73. The summed E-state index contributed by atoms with van der Waals surface area (Å²) in [4.78, 5) is 18.4. The smallest absolute Gasteiger partial charge is 0.256 e. The standard InChI is InChI=1S/C24H22N4O4/c1-32-20-8-3-2-7-18(20)21-19-10-16(11-25-23(19)27-26-21)14-5-4-6-15(9-14)22(30)24(31)28-12-17(29)13-28/h2-11,17,22,29-30H,12-13H2,1H3,(H,25,26,27). The molecular formula is C24H22N4O4. The summed E-state index contributed by atoms with van der Waals surface area (Å²) in [7, 11) is 1.63. The second-order valence-electron chi connectivity index (χ2n) is 7.82. The van der Waals surface area contributed by atoms with E-state index in [1.807, 2.05) is 36.4 Å². The highest BCUT2D eigenvalue weighted by atomic mass is 16.5. The van der Waals surface area contributed by atoms with Crippen LogP contribution >= 0.6 is 0 Å². The van der Waals surface area contributed by atoms with Crippen LogP contribution in [-0.2, 0) is 4.79 Å². The summed E-state index contributed by atoms with van der Waals surface area (Å²) in [5.74, 6) is 0.317. The Morgan fingerprint density at radius 2 is 1.97 bits per heavy atom. The Labute approximate surface area is 184 Å². The highest BCUT2D eigenvalue weighted by Crippen LogP contribution is 2.34. The fourth-order valence-corrected chi connectivity index (χ4v) is 3.95. The quantitative estimate of drug-likeness (QED) is 0.449. The first-order valence-corrected chi connectivity index (χ1v) is 10.3. The Morgan fingerprint density at radius 3 is 2.75 bits per heavy atom. The third-order valence-electron chi connectivity index (χ3n) is 5.73. The number of aromatic amines is 1. The molecule has 1 amide bonds. The van der Waals surface area contributed by atoms with Gasteiger partial charge < -0.3 is 19.8 Å². The molecule has 0 saturated carbocycles. The summed E-state index contributed by atoms with van der Waals surface area (Å²) < 4.78 is 5.49. The lowest BCUT2D eigenvalue weighted by Gasteiger charge is -2.37. The molecule has 5 rings (SSSR count). The SMILES string of the molecule is COc1ccccc1-c1[nH]nc2ncc(-c3cccc(C(O)C(=O)N4CC(O)C4)c3)cc12. The van der Waals surface area contributed by atoms with Gasteiger partial charge in [0.05, 0.1) is 18.9 Å². The molecule has 8 nitrogen and oxygen atoms in total. The minimum atomic E-state index is -1.28. The van der Waals surface area contributed by atoms with E-state index in [1.165, 1.54) is 4.90 Å². The first-order chi connectivity index (χ1) is 15.5. The molecule has 1 unspecified atom stereocenters. The van der Waals surface area contributed by atoms with Gasteiger partial charge in [-0.05, 0) is 35.4 Å². The van der Waals surface area contributed by atoms with Crippen LogP contribution in [0.1, 0.15) is 11.7 Å². The van der Waals surface area contributed by atoms with Gasteiger partial charge in [0.25, 0.3) is 5.91 Å². The van der Waals surface area contributed by atoms with E-state index in [0.29, 0.717) is 11.2 Å². The lowest BCUT2D eigenvalue weighted by molar-refractivity contribution is -0.150. The largest absolute Gasteiger partial charge is 0.496 e. The zero-order valence-corrected chi connectivity index (χ0v) is 17.4. The molecule has 162 valence electrons. The Balaban J connectivity index is 1.50. The van der Waals surface area contributed by atoms with Gasteiger partial charge in [-0.25, -0.2) is 4.98 Å². The number of pyridine rings is 1. The van der Waals surface area contributed by atoms with E-state index in [0.717, 1.165) is 33.5 Å². The van der Waals surface area contributed by atoms with Crippen molar-refractivity contribution < 1.29 is 19.7 Å². The van der Waals surface area contributed by atoms with Gasteiger partial charge in [-0.3, -0.25) is 9.89 Å². The van der Waals surface area contributed by atoms with Gasteiger partial charge in [-0.15, -0.1) is 0 Å². The number of nitrogens with zero attached hydrogens (tertiary/aromatic N) is 3. The van der Waals surface area contributed by atoms with E-state index in [9.17, 15) is 15.0 Å². The molecule has 3 N–H and O–H groups in total. The summed E-state index contributed by atoms with van der Waals surface area (Å²) in [6.45, 7) is 0.505. The number of carbonyl (C=O) groups is 1. The molecule has 0 bridgehead atoms. The molecule has 1 aliphatic heterocycles. The Kier molecular flexibility index (Phi) is 5.08. The van der Waals surface area contributed by atoms with E-state index in [2.05, 4.69) is 15.2 Å². The molecule has 0 spiro atoms. The van der Waals surface area contributed by atoms with Crippen LogP contribution in [0.25, 0.3) is 33.4 Å².